The van der Waals surface area contributed by atoms with Gasteiger partial charge in [0.1, 0.15) is 12.7 Å². The fraction of sp³-hybridized carbons (Fsp3) is 0.667. The molecule has 0 heterocycles. The zero-order valence-corrected chi connectivity index (χ0v) is 15.7. The van der Waals surface area contributed by atoms with Crippen LogP contribution in [0.4, 0.5) is 0 Å². The molecule has 1 unspecified atom stereocenters. The molecule has 0 spiro atoms. The van der Waals surface area contributed by atoms with E-state index in [0.717, 1.165) is 24.6 Å². The molecule has 0 amide bonds. The number of likely N-dealkylation sites (N-methyl/N-ethyl adjacent to an activating group) is 2. The van der Waals surface area contributed by atoms with Crippen molar-refractivity contribution < 1.29 is 18.9 Å². The average Bonchev–Trinajstić information content (AvgIpc) is 2.55. The number of benzene rings is 1. The summed E-state index contributed by atoms with van der Waals surface area (Å²) in [5.74, 6) is 1.44. The van der Waals surface area contributed by atoms with E-state index in [9.17, 15) is 0 Å². The van der Waals surface area contributed by atoms with Crippen molar-refractivity contribution in [2.45, 2.75) is 6.10 Å². The summed E-state index contributed by atoms with van der Waals surface area (Å²) < 4.78 is 22.8. The summed E-state index contributed by atoms with van der Waals surface area (Å²) >= 11 is 0. The number of methoxy groups -OCH3 is 1. The molecule has 0 aliphatic heterocycles. The van der Waals surface area contributed by atoms with E-state index in [-0.39, 0.29) is 6.10 Å². The zero-order valence-electron chi connectivity index (χ0n) is 15.7. The summed E-state index contributed by atoms with van der Waals surface area (Å²) in [4.78, 5) is 4.18. The van der Waals surface area contributed by atoms with Crippen LogP contribution in [0.1, 0.15) is 0 Å². The van der Waals surface area contributed by atoms with Crippen molar-refractivity contribution in [1.29, 1.82) is 0 Å². The fourth-order valence-corrected chi connectivity index (χ4v) is 1.93. The number of nitrogens with zero attached hydrogens (tertiary/aromatic N) is 2. The quantitative estimate of drug-likeness (QED) is 0.508. The van der Waals surface area contributed by atoms with E-state index >= 15 is 0 Å². The maximum absolute atomic E-state index is 5.91. The van der Waals surface area contributed by atoms with E-state index in [1.807, 2.05) is 52.5 Å². The Hall–Kier alpha value is -1.34. The lowest BCUT2D eigenvalue weighted by Gasteiger charge is -2.21. The normalized spacial score (nSPS) is 12.6. The van der Waals surface area contributed by atoms with Crippen LogP contribution in [0.15, 0.2) is 24.3 Å². The second-order valence-corrected chi connectivity index (χ2v) is 6.14. The minimum absolute atomic E-state index is 0.114. The molecule has 0 saturated carbocycles. The SMILES string of the molecule is COc1ccccc1OCC(COCCN(C)C)OCCN(C)C. The summed E-state index contributed by atoms with van der Waals surface area (Å²) in [7, 11) is 9.74. The van der Waals surface area contributed by atoms with Crippen molar-refractivity contribution in [2.75, 3.05) is 74.8 Å². The van der Waals surface area contributed by atoms with Gasteiger partial charge in [-0.1, -0.05) is 12.1 Å². The first-order valence-corrected chi connectivity index (χ1v) is 8.27. The van der Waals surface area contributed by atoms with E-state index in [4.69, 9.17) is 18.9 Å². The van der Waals surface area contributed by atoms with Crippen LogP contribution in [-0.2, 0) is 9.47 Å². The average molecular weight is 340 g/mol. The predicted octanol–water partition coefficient (Wildman–Crippen LogP) is 1.60. The number of para-hydroxylation sites is 2. The topological polar surface area (TPSA) is 43.4 Å². The molecule has 1 aromatic rings. The number of hydrogen-bond acceptors (Lipinski definition) is 6. The number of ether oxygens (including phenoxy) is 4. The van der Waals surface area contributed by atoms with Gasteiger partial charge in [0.15, 0.2) is 11.5 Å². The first-order valence-electron chi connectivity index (χ1n) is 8.27. The van der Waals surface area contributed by atoms with E-state index in [0.29, 0.717) is 26.4 Å². The lowest BCUT2D eigenvalue weighted by Crippen LogP contribution is -2.31. The van der Waals surface area contributed by atoms with Gasteiger partial charge in [-0.15, -0.1) is 0 Å². The molecule has 24 heavy (non-hydrogen) atoms. The highest BCUT2D eigenvalue weighted by Gasteiger charge is 2.13. The van der Waals surface area contributed by atoms with Crippen molar-refractivity contribution in [2.24, 2.45) is 0 Å². The Morgan fingerprint density at radius 2 is 1.50 bits per heavy atom. The van der Waals surface area contributed by atoms with Crippen LogP contribution < -0.4 is 9.47 Å². The van der Waals surface area contributed by atoms with Crippen molar-refractivity contribution in [3.63, 3.8) is 0 Å². The van der Waals surface area contributed by atoms with Gasteiger partial charge in [-0.05, 0) is 40.3 Å². The Balaban J connectivity index is 2.46. The Morgan fingerprint density at radius 3 is 2.12 bits per heavy atom. The minimum atomic E-state index is -0.114. The smallest absolute Gasteiger partial charge is 0.161 e. The van der Waals surface area contributed by atoms with Crippen LogP contribution in [0.25, 0.3) is 0 Å². The third-order valence-electron chi connectivity index (χ3n) is 3.37. The van der Waals surface area contributed by atoms with Gasteiger partial charge in [0.2, 0.25) is 0 Å². The number of hydrogen-bond donors (Lipinski definition) is 0. The molecule has 0 aromatic heterocycles. The molecule has 6 heteroatoms. The third-order valence-corrected chi connectivity index (χ3v) is 3.37. The molecular formula is C18H32N2O4. The summed E-state index contributed by atoms with van der Waals surface area (Å²) in [6.45, 7) is 4.01. The van der Waals surface area contributed by atoms with E-state index in [1.165, 1.54) is 0 Å². The molecule has 0 bridgehead atoms. The molecular weight excluding hydrogens is 308 g/mol. The molecule has 6 nitrogen and oxygen atoms in total. The van der Waals surface area contributed by atoms with Crippen LogP contribution in [0.3, 0.4) is 0 Å². The number of rotatable bonds is 13. The van der Waals surface area contributed by atoms with Gasteiger partial charge in [0.25, 0.3) is 0 Å². The Morgan fingerprint density at radius 1 is 0.875 bits per heavy atom. The van der Waals surface area contributed by atoms with Gasteiger partial charge >= 0.3 is 0 Å². The van der Waals surface area contributed by atoms with Gasteiger partial charge < -0.3 is 28.7 Å². The lowest BCUT2D eigenvalue weighted by molar-refractivity contribution is -0.0421. The summed E-state index contributed by atoms with van der Waals surface area (Å²) in [5, 5.41) is 0. The van der Waals surface area contributed by atoms with Gasteiger partial charge in [0.05, 0.1) is 26.9 Å². The molecule has 0 radical (unpaired) electrons. The highest BCUT2D eigenvalue weighted by atomic mass is 16.6. The Kier molecular flexibility index (Phi) is 10.4. The second-order valence-electron chi connectivity index (χ2n) is 6.14. The zero-order chi connectivity index (χ0) is 17.8. The first kappa shape index (κ1) is 20.7. The van der Waals surface area contributed by atoms with Gasteiger partial charge in [0, 0.05) is 13.1 Å². The molecule has 0 aliphatic rings. The van der Waals surface area contributed by atoms with Crippen LogP contribution in [-0.4, -0.2) is 90.7 Å². The highest BCUT2D eigenvalue weighted by molar-refractivity contribution is 5.39. The lowest BCUT2D eigenvalue weighted by atomic mass is 10.3. The summed E-state index contributed by atoms with van der Waals surface area (Å²) in [6, 6.07) is 7.61. The van der Waals surface area contributed by atoms with E-state index in [1.54, 1.807) is 7.11 Å². The Bertz CT molecular complexity index is 441. The molecule has 0 aliphatic carbocycles. The summed E-state index contributed by atoms with van der Waals surface area (Å²) in [5.41, 5.74) is 0. The van der Waals surface area contributed by atoms with Crippen LogP contribution in [0.2, 0.25) is 0 Å². The summed E-state index contributed by atoms with van der Waals surface area (Å²) in [6.07, 6.45) is -0.114. The molecule has 1 aromatic carbocycles. The largest absolute Gasteiger partial charge is 0.493 e. The second kappa shape index (κ2) is 12.1. The van der Waals surface area contributed by atoms with Crippen LogP contribution in [0.5, 0.6) is 11.5 Å². The van der Waals surface area contributed by atoms with E-state index < -0.39 is 0 Å². The van der Waals surface area contributed by atoms with Gasteiger partial charge in [-0.3, -0.25) is 0 Å². The molecule has 1 atom stereocenters. The van der Waals surface area contributed by atoms with Crippen LogP contribution >= 0.6 is 0 Å². The maximum atomic E-state index is 5.91. The van der Waals surface area contributed by atoms with Crippen LogP contribution in [0, 0.1) is 0 Å². The molecule has 0 saturated heterocycles. The third kappa shape index (κ3) is 9.08. The first-order chi connectivity index (χ1) is 11.5. The molecule has 138 valence electrons. The molecule has 0 N–H and O–H groups in total. The van der Waals surface area contributed by atoms with Crippen molar-refractivity contribution in [3.8, 4) is 11.5 Å². The van der Waals surface area contributed by atoms with Crippen molar-refractivity contribution in [1.82, 2.24) is 9.80 Å². The van der Waals surface area contributed by atoms with E-state index in [2.05, 4.69) is 9.80 Å². The fourth-order valence-electron chi connectivity index (χ4n) is 1.93. The minimum Gasteiger partial charge on any atom is -0.493 e. The van der Waals surface area contributed by atoms with Crippen molar-refractivity contribution in [3.05, 3.63) is 24.3 Å². The maximum Gasteiger partial charge on any atom is 0.161 e. The van der Waals surface area contributed by atoms with Gasteiger partial charge in [-0.2, -0.15) is 0 Å². The highest BCUT2D eigenvalue weighted by Crippen LogP contribution is 2.25. The monoisotopic (exact) mass is 340 g/mol. The predicted molar refractivity (Wildman–Crippen MR) is 96.2 cm³/mol. The van der Waals surface area contributed by atoms with Crippen molar-refractivity contribution >= 4 is 0 Å². The molecule has 0 fully saturated rings. The van der Waals surface area contributed by atoms with Gasteiger partial charge in [-0.25, -0.2) is 0 Å². The standard InChI is InChI=1S/C18H32N2O4/c1-19(2)10-12-22-14-16(23-13-11-20(3)4)15-24-18-9-7-6-8-17(18)21-5/h6-9,16H,10-15H2,1-5H3. The Labute approximate surface area is 146 Å². The molecule has 1 rings (SSSR count).